The third-order valence-electron chi connectivity index (χ3n) is 4.97. The summed E-state index contributed by atoms with van der Waals surface area (Å²) < 4.78 is 103. The van der Waals surface area contributed by atoms with Gasteiger partial charge < -0.3 is 14.2 Å². The van der Waals surface area contributed by atoms with Crippen molar-refractivity contribution >= 4 is 27.6 Å². The summed E-state index contributed by atoms with van der Waals surface area (Å²) in [6.45, 7) is 3.11. The Balaban J connectivity index is 1.47. The predicted molar refractivity (Wildman–Crippen MR) is 120 cm³/mol. The van der Waals surface area contributed by atoms with Crippen molar-refractivity contribution in [2.75, 3.05) is 38.1 Å². The molecule has 1 aromatic heterocycles. The third kappa shape index (κ3) is 6.46. The molecule has 0 saturated carbocycles. The minimum absolute atomic E-state index is 0.146. The van der Waals surface area contributed by atoms with E-state index in [0.717, 1.165) is 43.9 Å². The molecular weight excluding hydrogens is 531 g/mol. The maximum absolute atomic E-state index is 14.7. The summed E-state index contributed by atoms with van der Waals surface area (Å²) in [5, 5.41) is 0.146. The molecular formula is C21H19F5N4O4S2. The van der Waals surface area contributed by atoms with Crippen molar-refractivity contribution in [1.29, 1.82) is 0 Å². The van der Waals surface area contributed by atoms with Gasteiger partial charge in [-0.1, -0.05) is 0 Å². The van der Waals surface area contributed by atoms with Gasteiger partial charge in [-0.3, -0.25) is 9.62 Å². The van der Waals surface area contributed by atoms with Crippen molar-refractivity contribution < 1.29 is 40.4 Å². The summed E-state index contributed by atoms with van der Waals surface area (Å²) in [6, 6.07) is 3.68. The fourth-order valence-corrected chi connectivity index (χ4v) is 4.80. The van der Waals surface area contributed by atoms with Gasteiger partial charge in [0.2, 0.25) is 5.13 Å². The lowest BCUT2D eigenvalue weighted by Crippen LogP contribution is -2.35. The van der Waals surface area contributed by atoms with Crippen molar-refractivity contribution in [1.82, 2.24) is 14.3 Å². The number of nitrogens with one attached hydrogen (secondary N) is 1. The van der Waals surface area contributed by atoms with Crippen LogP contribution in [0.4, 0.5) is 27.1 Å². The molecule has 1 fully saturated rings. The second-order valence-electron chi connectivity index (χ2n) is 7.49. The highest BCUT2D eigenvalue weighted by Gasteiger charge is 2.32. The van der Waals surface area contributed by atoms with Gasteiger partial charge in [0.25, 0.3) is 0 Å². The van der Waals surface area contributed by atoms with Gasteiger partial charge in [-0.25, -0.2) is 18.0 Å². The maximum Gasteiger partial charge on any atom is 0.416 e. The van der Waals surface area contributed by atoms with Gasteiger partial charge >= 0.3 is 6.18 Å². The van der Waals surface area contributed by atoms with E-state index in [4.69, 9.17) is 14.2 Å². The molecule has 2 heterocycles. The van der Waals surface area contributed by atoms with Crippen LogP contribution in [-0.4, -0.2) is 51.9 Å². The van der Waals surface area contributed by atoms with Crippen LogP contribution in [0.25, 0.3) is 0 Å². The second-order valence-corrected chi connectivity index (χ2v) is 9.42. The average Bonchev–Trinajstić information content (AvgIpc) is 3.27. The number of ether oxygens (including phenoxy) is 3. The van der Waals surface area contributed by atoms with Crippen molar-refractivity contribution in [2.24, 2.45) is 0 Å². The minimum Gasteiger partial charge on any atom is -0.497 e. The van der Waals surface area contributed by atoms with E-state index in [1.807, 2.05) is 0 Å². The van der Waals surface area contributed by atoms with Gasteiger partial charge in [-0.15, -0.1) is 0 Å². The Kier molecular flexibility index (Phi) is 8.02. The number of morpholine rings is 1. The molecule has 0 radical (unpaired) electrons. The van der Waals surface area contributed by atoms with Crippen molar-refractivity contribution in [3.8, 4) is 17.2 Å². The molecule has 194 valence electrons. The lowest BCUT2D eigenvalue weighted by Gasteiger charge is -2.25. The number of halogens is 5. The summed E-state index contributed by atoms with van der Waals surface area (Å²) in [7, 11) is -1.09. The van der Waals surface area contributed by atoms with Gasteiger partial charge in [-0.05, 0) is 18.2 Å². The normalized spacial score (nSPS) is 15.5. The van der Waals surface area contributed by atoms with E-state index in [0.29, 0.717) is 43.8 Å². The minimum atomic E-state index is -4.71. The second kappa shape index (κ2) is 11.0. The van der Waals surface area contributed by atoms with Crippen LogP contribution in [0, 0.1) is 11.6 Å². The summed E-state index contributed by atoms with van der Waals surface area (Å²) in [4.78, 5) is 5.76. The first-order valence-electron chi connectivity index (χ1n) is 10.4. The van der Waals surface area contributed by atoms with Crippen LogP contribution in [0.3, 0.4) is 0 Å². The highest BCUT2D eigenvalue weighted by Crippen LogP contribution is 2.37. The van der Waals surface area contributed by atoms with Gasteiger partial charge in [0, 0.05) is 36.8 Å². The standard InChI is InChI=1S/C21H19F5N4O4S2/c1-32-13-6-12(21(24,25)26)7-14(8-13)34-17-9-16(23)18(10-15(17)22)36(31)29-20-27-19(28-35-20)11-30-2-4-33-5-3-30/h6-10H,2-5,11H2,1H3,(H,27,28,29). The molecule has 0 aliphatic carbocycles. The number of hydrogen-bond acceptors (Lipinski definition) is 8. The Morgan fingerprint density at radius 3 is 2.53 bits per heavy atom. The number of nitrogens with zero attached hydrogens (tertiary/aromatic N) is 3. The van der Waals surface area contributed by atoms with E-state index in [-0.39, 0.29) is 10.9 Å². The van der Waals surface area contributed by atoms with Gasteiger partial charge in [-0.2, -0.15) is 17.5 Å². The molecule has 1 N–H and O–H groups in total. The predicted octanol–water partition coefficient (Wildman–Crippen LogP) is 4.60. The SMILES string of the molecule is COc1cc(Oc2cc(F)c(S(=O)Nc3nc(CN4CCOCC4)ns3)cc2F)cc(C(F)(F)F)c1. The molecule has 0 amide bonds. The average molecular weight is 551 g/mol. The summed E-state index contributed by atoms with van der Waals surface area (Å²) in [5.74, 6) is -3.06. The molecule has 2 aromatic carbocycles. The van der Waals surface area contributed by atoms with E-state index in [9.17, 15) is 26.2 Å². The number of methoxy groups -OCH3 is 1. The monoisotopic (exact) mass is 550 g/mol. The quantitative estimate of drug-likeness (QED) is 0.411. The molecule has 1 aliphatic heterocycles. The van der Waals surface area contributed by atoms with E-state index >= 15 is 0 Å². The van der Waals surface area contributed by atoms with Crippen LogP contribution >= 0.6 is 11.5 Å². The van der Waals surface area contributed by atoms with E-state index < -0.39 is 50.8 Å². The Morgan fingerprint density at radius 2 is 1.83 bits per heavy atom. The van der Waals surface area contributed by atoms with Crippen molar-refractivity contribution in [3.63, 3.8) is 0 Å². The van der Waals surface area contributed by atoms with Crippen LogP contribution in [0.2, 0.25) is 0 Å². The first-order valence-corrected chi connectivity index (χ1v) is 12.3. The van der Waals surface area contributed by atoms with Crippen LogP contribution in [0.1, 0.15) is 11.4 Å². The number of anilines is 1. The molecule has 1 atom stereocenters. The molecule has 1 aliphatic rings. The molecule has 1 saturated heterocycles. The number of benzene rings is 2. The van der Waals surface area contributed by atoms with Crippen molar-refractivity contribution in [2.45, 2.75) is 17.6 Å². The molecule has 3 aromatic rings. The Hall–Kier alpha value is -2.88. The molecule has 0 bridgehead atoms. The smallest absolute Gasteiger partial charge is 0.416 e. The van der Waals surface area contributed by atoms with Gasteiger partial charge in [0.1, 0.15) is 17.3 Å². The zero-order valence-electron chi connectivity index (χ0n) is 18.6. The number of alkyl halides is 3. The summed E-state index contributed by atoms with van der Waals surface area (Å²) >= 11 is 0.915. The van der Waals surface area contributed by atoms with Gasteiger partial charge in [0.05, 0.1) is 37.3 Å². The molecule has 15 heteroatoms. The van der Waals surface area contributed by atoms with Crippen LogP contribution < -0.4 is 14.2 Å². The lowest BCUT2D eigenvalue weighted by molar-refractivity contribution is -0.137. The van der Waals surface area contributed by atoms with Crippen LogP contribution in [0.5, 0.6) is 17.2 Å². The Labute approximate surface area is 208 Å². The zero-order valence-corrected chi connectivity index (χ0v) is 20.2. The van der Waals surface area contributed by atoms with Crippen LogP contribution in [0.15, 0.2) is 35.2 Å². The molecule has 36 heavy (non-hydrogen) atoms. The first-order chi connectivity index (χ1) is 17.1. The number of rotatable bonds is 8. The Bertz CT molecular complexity index is 1250. The van der Waals surface area contributed by atoms with E-state index in [1.54, 1.807) is 0 Å². The number of aromatic nitrogens is 2. The summed E-state index contributed by atoms with van der Waals surface area (Å²) in [6.07, 6.45) is -4.71. The number of hydrogen-bond donors (Lipinski definition) is 1. The summed E-state index contributed by atoms with van der Waals surface area (Å²) in [5.41, 5.74) is -1.09. The first kappa shape index (κ1) is 26.2. The molecule has 8 nitrogen and oxygen atoms in total. The highest BCUT2D eigenvalue weighted by molar-refractivity contribution is 7.86. The molecule has 4 rings (SSSR count). The third-order valence-corrected chi connectivity index (χ3v) is 6.86. The largest absolute Gasteiger partial charge is 0.497 e. The fourth-order valence-electron chi connectivity index (χ4n) is 3.22. The maximum atomic E-state index is 14.7. The van der Waals surface area contributed by atoms with Crippen LogP contribution in [-0.2, 0) is 28.4 Å². The van der Waals surface area contributed by atoms with Gasteiger partial charge in [0.15, 0.2) is 28.4 Å². The highest BCUT2D eigenvalue weighted by atomic mass is 32.2. The zero-order chi connectivity index (χ0) is 25.9. The molecule has 1 unspecified atom stereocenters. The van der Waals surface area contributed by atoms with E-state index in [1.165, 1.54) is 0 Å². The topological polar surface area (TPSA) is 85.8 Å². The van der Waals surface area contributed by atoms with E-state index in [2.05, 4.69) is 19.0 Å². The Morgan fingerprint density at radius 1 is 1.11 bits per heavy atom. The lowest BCUT2D eigenvalue weighted by atomic mass is 10.2. The molecule has 0 spiro atoms. The fraction of sp³-hybridized carbons (Fsp3) is 0.333. The van der Waals surface area contributed by atoms with Crippen molar-refractivity contribution in [3.05, 3.63) is 53.4 Å².